The normalized spacial score (nSPS) is 24.0. The summed E-state index contributed by atoms with van der Waals surface area (Å²) in [5.41, 5.74) is 0.939. The van der Waals surface area contributed by atoms with Gasteiger partial charge in [-0.15, -0.1) is 0 Å². The fraction of sp³-hybridized carbons (Fsp3) is 0.632. The zero-order valence-electron chi connectivity index (χ0n) is 14.9. The number of hydrogen-bond donors (Lipinski definition) is 2. The van der Waals surface area contributed by atoms with Gasteiger partial charge in [0.05, 0.1) is 19.1 Å². The van der Waals surface area contributed by atoms with Crippen molar-refractivity contribution < 1.29 is 24.2 Å². The van der Waals surface area contributed by atoms with Crippen molar-refractivity contribution in [2.75, 3.05) is 13.2 Å². The molecule has 7 heteroatoms. The number of aliphatic carboxylic acids is 1. The van der Waals surface area contributed by atoms with E-state index in [1.54, 1.807) is 6.20 Å². The summed E-state index contributed by atoms with van der Waals surface area (Å²) >= 11 is 0. The topological polar surface area (TPSA) is 97.8 Å². The highest BCUT2D eigenvalue weighted by Crippen LogP contribution is 2.29. The average Bonchev–Trinajstić information content (AvgIpc) is 2.67. The van der Waals surface area contributed by atoms with E-state index in [0.717, 1.165) is 18.4 Å². The number of nitrogens with zero attached hydrogens (tertiary/aromatic N) is 1. The number of carboxylic acid groups (broad SMARTS) is 1. The van der Waals surface area contributed by atoms with Crippen LogP contribution < -0.4 is 10.1 Å². The molecule has 26 heavy (non-hydrogen) atoms. The number of pyridine rings is 1. The molecule has 2 aliphatic rings. The van der Waals surface area contributed by atoms with Crippen molar-refractivity contribution in [3.8, 4) is 5.88 Å². The zero-order valence-corrected chi connectivity index (χ0v) is 14.9. The third kappa shape index (κ3) is 5.17. The summed E-state index contributed by atoms with van der Waals surface area (Å²) < 4.78 is 11.2. The number of carbonyl (C=O) groups is 2. The van der Waals surface area contributed by atoms with Crippen LogP contribution in [0.2, 0.25) is 0 Å². The van der Waals surface area contributed by atoms with Crippen molar-refractivity contribution in [3.63, 3.8) is 0 Å². The first-order valence-corrected chi connectivity index (χ1v) is 9.31. The van der Waals surface area contributed by atoms with Crippen LogP contribution in [0.3, 0.4) is 0 Å². The van der Waals surface area contributed by atoms with Gasteiger partial charge in [-0.1, -0.05) is 0 Å². The zero-order chi connectivity index (χ0) is 18.4. The molecular formula is C19H26N2O5. The summed E-state index contributed by atoms with van der Waals surface area (Å²) in [5.74, 6) is -0.574. The molecule has 1 saturated heterocycles. The van der Waals surface area contributed by atoms with Crippen molar-refractivity contribution in [1.29, 1.82) is 0 Å². The van der Waals surface area contributed by atoms with Crippen molar-refractivity contribution in [1.82, 2.24) is 10.3 Å². The molecule has 142 valence electrons. The van der Waals surface area contributed by atoms with Crippen LogP contribution in [0.1, 0.15) is 44.1 Å². The lowest BCUT2D eigenvalue weighted by molar-refractivity contribution is -0.144. The molecule has 0 unspecified atom stereocenters. The first-order valence-electron chi connectivity index (χ1n) is 9.31. The van der Waals surface area contributed by atoms with E-state index < -0.39 is 5.97 Å². The van der Waals surface area contributed by atoms with E-state index in [0.29, 0.717) is 51.3 Å². The predicted molar refractivity (Wildman–Crippen MR) is 93.6 cm³/mol. The molecule has 0 bridgehead atoms. The van der Waals surface area contributed by atoms with Gasteiger partial charge in [-0.05, 0) is 37.3 Å². The highest BCUT2D eigenvalue weighted by molar-refractivity contribution is 5.79. The Morgan fingerprint density at radius 1 is 1.15 bits per heavy atom. The molecule has 1 aliphatic carbocycles. The van der Waals surface area contributed by atoms with E-state index in [1.165, 1.54) is 0 Å². The maximum absolute atomic E-state index is 12.3. The molecule has 0 radical (unpaired) electrons. The minimum absolute atomic E-state index is 0.00227. The Morgan fingerprint density at radius 3 is 2.54 bits per heavy atom. The molecule has 0 atom stereocenters. The molecule has 3 rings (SSSR count). The summed E-state index contributed by atoms with van der Waals surface area (Å²) in [4.78, 5) is 27.6. The van der Waals surface area contributed by atoms with Crippen molar-refractivity contribution in [3.05, 3.63) is 23.9 Å². The van der Waals surface area contributed by atoms with Gasteiger partial charge in [0.25, 0.3) is 0 Å². The maximum Gasteiger partial charge on any atom is 0.306 e. The highest BCUT2D eigenvalue weighted by atomic mass is 16.5. The Balaban J connectivity index is 1.46. The second-order valence-corrected chi connectivity index (χ2v) is 7.04. The van der Waals surface area contributed by atoms with Crippen LogP contribution in [0.5, 0.6) is 5.88 Å². The number of nitrogens with one attached hydrogen (secondary N) is 1. The molecule has 1 saturated carbocycles. The lowest BCUT2D eigenvalue weighted by Crippen LogP contribution is -2.34. The number of aromatic nitrogens is 1. The number of ether oxygens (including phenoxy) is 2. The average molecular weight is 362 g/mol. The van der Waals surface area contributed by atoms with Gasteiger partial charge in [0.1, 0.15) is 6.10 Å². The molecule has 2 N–H and O–H groups in total. The SMILES string of the molecule is O=C(O)C1CCC(C(=O)NCc2ccnc(OC3CCOCC3)c2)CC1. The Hall–Kier alpha value is -2.15. The monoisotopic (exact) mass is 362 g/mol. The van der Waals surface area contributed by atoms with Crippen LogP contribution in [0, 0.1) is 11.8 Å². The molecule has 1 aromatic heterocycles. The molecule has 1 amide bonds. The van der Waals surface area contributed by atoms with Crippen LogP contribution in [0.15, 0.2) is 18.3 Å². The summed E-state index contributed by atoms with van der Waals surface area (Å²) in [6, 6.07) is 3.72. The summed E-state index contributed by atoms with van der Waals surface area (Å²) in [6.07, 6.45) is 5.97. The predicted octanol–water partition coefficient (Wildman–Crippen LogP) is 2.15. The van der Waals surface area contributed by atoms with E-state index in [9.17, 15) is 9.59 Å². The fourth-order valence-electron chi connectivity index (χ4n) is 3.53. The van der Waals surface area contributed by atoms with Gasteiger partial charge in [0.2, 0.25) is 11.8 Å². The van der Waals surface area contributed by atoms with Gasteiger partial charge in [0, 0.05) is 37.6 Å². The van der Waals surface area contributed by atoms with Crippen LogP contribution in [-0.2, 0) is 20.9 Å². The number of amides is 1. The van der Waals surface area contributed by atoms with Gasteiger partial charge in [0.15, 0.2) is 0 Å². The summed E-state index contributed by atoms with van der Waals surface area (Å²) in [7, 11) is 0. The Kier molecular flexibility index (Phi) is 6.44. The van der Waals surface area contributed by atoms with E-state index in [2.05, 4.69) is 10.3 Å². The molecular weight excluding hydrogens is 336 g/mol. The van der Waals surface area contributed by atoms with E-state index >= 15 is 0 Å². The second-order valence-electron chi connectivity index (χ2n) is 7.04. The fourth-order valence-corrected chi connectivity index (χ4v) is 3.53. The quantitative estimate of drug-likeness (QED) is 0.805. The van der Waals surface area contributed by atoms with Gasteiger partial charge in [-0.2, -0.15) is 0 Å². The minimum atomic E-state index is -0.752. The van der Waals surface area contributed by atoms with Crippen molar-refractivity contribution in [2.45, 2.75) is 51.2 Å². The molecule has 7 nitrogen and oxygen atoms in total. The first kappa shape index (κ1) is 18.6. The number of carbonyl (C=O) groups excluding carboxylic acids is 1. The molecule has 2 fully saturated rings. The molecule has 1 aliphatic heterocycles. The van der Waals surface area contributed by atoms with Crippen LogP contribution in [0.25, 0.3) is 0 Å². The lowest BCUT2D eigenvalue weighted by Gasteiger charge is -2.25. The minimum Gasteiger partial charge on any atom is -0.481 e. The first-order chi connectivity index (χ1) is 12.6. The Labute approximate surface area is 153 Å². The van der Waals surface area contributed by atoms with E-state index in [1.807, 2.05) is 12.1 Å². The van der Waals surface area contributed by atoms with Crippen molar-refractivity contribution in [2.24, 2.45) is 11.8 Å². The smallest absolute Gasteiger partial charge is 0.306 e. The lowest BCUT2D eigenvalue weighted by atomic mass is 9.81. The number of hydrogen-bond acceptors (Lipinski definition) is 5. The molecule has 1 aromatic rings. The standard InChI is InChI=1S/C19H26N2O5/c22-18(14-1-3-15(4-2-14)19(23)24)21-12-13-5-8-20-17(11-13)26-16-6-9-25-10-7-16/h5,8,11,14-16H,1-4,6-7,9-10,12H2,(H,21,22)(H,23,24). The Bertz CT molecular complexity index is 622. The van der Waals surface area contributed by atoms with Gasteiger partial charge in [-0.3, -0.25) is 9.59 Å². The van der Waals surface area contributed by atoms with Gasteiger partial charge < -0.3 is 19.9 Å². The maximum atomic E-state index is 12.3. The van der Waals surface area contributed by atoms with E-state index in [4.69, 9.17) is 14.6 Å². The number of carboxylic acids is 1. The third-order valence-corrected chi connectivity index (χ3v) is 5.17. The Morgan fingerprint density at radius 2 is 1.85 bits per heavy atom. The largest absolute Gasteiger partial charge is 0.481 e. The van der Waals surface area contributed by atoms with E-state index in [-0.39, 0.29) is 23.8 Å². The van der Waals surface area contributed by atoms with Gasteiger partial charge in [-0.25, -0.2) is 4.98 Å². The second kappa shape index (κ2) is 8.98. The van der Waals surface area contributed by atoms with Gasteiger partial charge >= 0.3 is 5.97 Å². The highest BCUT2D eigenvalue weighted by Gasteiger charge is 2.29. The summed E-state index contributed by atoms with van der Waals surface area (Å²) in [5, 5.41) is 12.0. The van der Waals surface area contributed by atoms with Crippen molar-refractivity contribution >= 4 is 11.9 Å². The summed E-state index contributed by atoms with van der Waals surface area (Å²) in [6.45, 7) is 1.85. The van der Waals surface area contributed by atoms with Crippen LogP contribution in [-0.4, -0.2) is 41.3 Å². The third-order valence-electron chi connectivity index (χ3n) is 5.17. The molecule has 0 spiro atoms. The molecule has 0 aromatic carbocycles. The van der Waals surface area contributed by atoms with Crippen LogP contribution in [0.4, 0.5) is 0 Å². The number of rotatable bonds is 6. The molecule has 2 heterocycles. The van der Waals surface area contributed by atoms with Crippen LogP contribution >= 0.6 is 0 Å².